The van der Waals surface area contributed by atoms with E-state index in [-0.39, 0.29) is 5.78 Å². The molecular weight excluding hydrogens is 164 g/mol. The monoisotopic (exact) mass is 176 g/mol. The normalized spacial score (nSPS) is 7.33. The lowest BCUT2D eigenvalue weighted by molar-refractivity contribution is -0.164. The average Bonchev–Trinajstić information content (AvgIpc) is 2.00. The maximum Gasteiger partial charge on any atom is 0.417 e. The fraction of sp³-hybridized carbons (Fsp3) is 0.571. The Morgan fingerprint density at radius 1 is 0.833 bits per heavy atom. The molecule has 0 aromatic rings. The first kappa shape index (κ1) is 13.2. The van der Waals surface area contributed by atoms with Gasteiger partial charge in [-0.25, -0.2) is 9.59 Å². The molecule has 0 aromatic carbocycles. The molecule has 0 radical (unpaired) electrons. The SMILES string of the molecule is CC(C)=O.COC(=O)C(=O)OC. The highest BCUT2D eigenvalue weighted by atomic mass is 16.6. The third-order valence-corrected chi connectivity index (χ3v) is 0.537. The van der Waals surface area contributed by atoms with E-state index in [1.807, 2.05) is 0 Å². The Hall–Kier alpha value is -1.39. The summed E-state index contributed by atoms with van der Waals surface area (Å²) in [5.74, 6) is -1.79. The lowest BCUT2D eigenvalue weighted by Gasteiger charge is -1.92. The molecule has 0 aromatic heterocycles. The minimum Gasteiger partial charge on any atom is -0.461 e. The topological polar surface area (TPSA) is 69.7 Å². The molecule has 0 rings (SSSR count). The van der Waals surface area contributed by atoms with Crippen molar-refractivity contribution in [2.24, 2.45) is 0 Å². The minimum atomic E-state index is -0.979. The van der Waals surface area contributed by atoms with Crippen molar-refractivity contribution in [3.63, 3.8) is 0 Å². The van der Waals surface area contributed by atoms with Gasteiger partial charge in [-0.2, -0.15) is 0 Å². The van der Waals surface area contributed by atoms with Crippen LogP contribution in [0.5, 0.6) is 0 Å². The van der Waals surface area contributed by atoms with Crippen molar-refractivity contribution in [2.45, 2.75) is 13.8 Å². The van der Waals surface area contributed by atoms with Gasteiger partial charge >= 0.3 is 11.9 Å². The second kappa shape index (κ2) is 7.71. The molecule has 5 nitrogen and oxygen atoms in total. The van der Waals surface area contributed by atoms with Crippen molar-refractivity contribution in [1.82, 2.24) is 0 Å². The van der Waals surface area contributed by atoms with E-state index in [4.69, 9.17) is 0 Å². The van der Waals surface area contributed by atoms with Gasteiger partial charge in [-0.1, -0.05) is 0 Å². The number of carbonyl (C=O) groups excluding carboxylic acids is 3. The molecule has 12 heavy (non-hydrogen) atoms. The average molecular weight is 176 g/mol. The van der Waals surface area contributed by atoms with Crippen LogP contribution in [0.25, 0.3) is 0 Å². The highest BCUT2D eigenvalue weighted by Crippen LogP contribution is 1.75. The van der Waals surface area contributed by atoms with Crippen molar-refractivity contribution >= 4 is 17.7 Å². The van der Waals surface area contributed by atoms with E-state index < -0.39 is 11.9 Å². The Kier molecular flexibility index (Phi) is 8.50. The van der Waals surface area contributed by atoms with Crippen LogP contribution in [-0.2, 0) is 23.9 Å². The van der Waals surface area contributed by atoms with Crippen molar-refractivity contribution in [3.8, 4) is 0 Å². The van der Waals surface area contributed by atoms with E-state index in [2.05, 4.69) is 9.47 Å². The third-order valence-electron chi connectivity index (χ3n) is 0.537. The Labute approximate surface area is 70.6 Å². The fourth-order valence-electron chi connectivity index (χ4n) is 0.167. The lowest BCUT2D eigenvalue weighted by Crippen LogP contribution is -2.16. The van der Waals surface area contributed by atoms with Gasteiger partial charge in [-0.05, 0) is 13.8 Å². The highest BCUT2D eigenvalue weighted by Gasteiger charge is 2.11. The summed E-state index contributed by atoms with van der Waals surface area (Å²) in [6.45, 7) is 3.06. The summed E-state index contributed by atoms with van der Waals surface area (Å²) in [5.41, 5.74) is 0. The van der Waals surface area contributed by atoms with Crippen LogP contribution in [0.4, 0.5) is 0 Å². The van der Waals surface area contributed by atoms with Crippen LogP contribution < -0.4 is 0 Å². The number of esters is 2. The molecular formula is C7H12O5. The molecule has 0 aliphatic heterocycles. The molecule has 0 fully saturated rings. The number of hydrogen-bond acceptors (Lipinski definition) is 5. The van der Waals surface area contributed by atoms with Crippen molar-refractivity contribution in [2.75, 3.05) is 14.2 Å². The van der Waals surface area contributed by atoms with Gasteiger partial charge in [0.1, 0.15) is 5.78 Å². The van der Waals surface area contributed by atoms with Gasteiger partial charge in [0.25, 0.3) is 0 Å². The molecule has 0 aliphatic carbocycles. The molecule has 0 spiro atoms. The van der Waals surface area contributed by atoms with Crippen LogP contribution in [0.3, 0.4) is 0 Å². The van der Waals surface area contributed by atoms with Gasteiger partial charge in [0.2, 0.25) is 0 Å². The molecule has 0 unspecified atom stereocenters. The number of methoxy groups -OCH3 is 2. The zero-order chi connectivity index (χ0) is 10.1. The molecule has 0 amide bonds. The Morgan fingerprint density at radius 2 is 1.00 bits per heavy atom. The lowest BCUT2D eigenvalue weighted by atomic mass is 10.6. The van der Waals surface area contributed by atoms with Crippen LogP contribution in [0.2, 0.25) is 0 Å². The van der Waals surface area contributed by atoms with Crippen molar-refractivity contribution in [3.05, 3.63) is 0 Å². The van der Waals surface area contributed by atoms with Crippen LogP contribution in [0, 0.1) is 0 Å². The molecule has 0 heterocycles. The van der Waals surface area contributed by atoms with Gasteiger partial charge in [0.05, 0.1) is 14.2 Å². The molecule has 0 atom stereocenters. The summed E-state index contributed by atoms with van der Waals surface area (Å²) in [7, 11) is 2.22. The summed E-state index contributed by atoms with van der Waals surface area (Å²) in [5, 5.41) is 0. The summed E-state index contributed by atoms with van der Waals surface area (Å²) in [6, 6.07) is 0. The zero-order valence-corrected chi connectivity index (χ0v) is 7.54. The maximum absolute atomic E-state index is 10.0. The third kappa shape index (κ3) is 11.4. The van der Waals surface area contributed by atoms with E-state index in [0.29, 0.717) is 0 Å². The number of Topliss-reactive ketones (excluding diaryl/α,β-unsaturated/α-hetero) is 1. The molecule has 0 aliphatic rings. The van der Waals surface area contributed by atoms with E-state index in [1.54, 1.807) is 0 Å². The number of rotatable bonds is 0. The molecule has 5 heteroatoms. The predicted molar refractivity (Wildman–Crippen MR) is 40.4 cm³/mol. The number of carbonyl (C=O) groups is 3. The number of hydrogen-bond donors (Lipinski definition) is 0. The van der Waals surface area contributed by atoms with Crippen molar-refractivity contribution < 1.29 is 23.9 Å². The second-order valence-electron chi connectivity index (χ2n) is 1.89. The van der Waals surface area contributed by atoms with E-state index >= 15 is 0 Å². The van der Waals surface area contributed by atoms with E-state index in [0.717, 1.165) is 14.2 Å². The van der Waals surface area contributed by atoms with Crippen LogP contribution in [-0.4, -0.2) is 31.9 Å². The molecule has 70 valence electrons. The largest absolute Gasteiger partial charge is 0.461 e. The smallest absolute Gasteiger partial charge is 0.417 e. The summed E-state index contributed by atoms with van der Waals surface area (Å²) < 4.78 is 7.98. The first-order chi connectivity index (χ1) is 5.45. The summed E-state index contributed by atoms with van der Waals surface area (Å²) >= 11 is 0. The van der Waals surface area contributed by atoms with Gasteiger partial charge in [0, 0.05) is 0 Å². The summed E-state index contributed by atoms with van der Waals surface area (Å²) in [6.07, 6.45) is 0. The van der Waals surface area contributed by atoms with Crippen LogP contribution in [0.1, 0.15) is 13.8 Å². The molecule has 0 bridgehead atoms. The summed E-state index contributed by atoms with van der Waals surface area (Å²) in [4.78, 5) is 29.5. The Morgan fingerprint density at radius 3 is 1.08 bits per heavy atom. The number of ketones is 1. The van der Waals surface area contributed by atoms with E-state index in [9.17, 15) is 14.4 Å². The maximum atomic E-state index is 10.0. The second-order valence-corrected chi connectivity index (χ2v) is 1.89. The molecule has 0 N–H and O–H groups in total. The van der Waals surface area contributed by atoms with Crippen molar-refractivity contribution in [1.29, 1.82) is 0 Å². The van der Waals surface area contributed by atoms with Gasteiger partial charge in [-0.3, -0.25) is 0 Å². The molecule has 0 saturated carbocycles. The first-order valence-corrected chi connectivity index (χ1v) is 3.09. The molecule has 0 saturated heterocycles. The van der Waals surface area contributed by atoms with Crippen LogP contribution >= 0.6 is 0 Å². The highest BCUT2D eigenvalue weighted by molar-refractivity contribution is 6.29. The minimum absolute atomic E-state index is 0.167. The Balaban J connectivity index is 0. The zero-order valence-electron chi connectivity index (χ0n) is 7.54. The fourth-order valence-corrected chi connectivity index (χ4v) is 0.167. The van der Waals surface area contributed by atoms with Gasteiger partial charge in [-0.15, -0.1) is 0 Å². The standard InChI is InChI=1S/C4H6O4.C3H6O/c1-7-3(5)4(6)8-2;1-3(2)4/h1-2H3;1-2H3. The Bertz CT molecular complexity index is 155. The van der Waals surface area contributed by atoms with Crippen LogP contribution in [0.15, 0.2) is 0 Å². The van der Waals surface area contributed by atoms with Gasteiger partial charge in [0.15, 0.2) is 0 Å². The quantitative estimate of drug-likeness (QED) is 0.381. The number of ether oxygens (including phenoxy) is 2. The van der Waals surface area contributed by atoms with Gasteiger partial charge < -0.3 is 14.3 Å². The predicted octanol–water partition coefficient (Wildman–Crippen LogP) is -0.0723. The van der Waals surface area contributed by atoms with E-state index in [1.165, 1.54) is 13.8 Å². The first-order valence-electron chi connectivity index (χ1n) is 3.09.